The molecular weight excluding hydrogens is 816 g/mol. The third kappa shape index (κ3) is 9.42. The summed E-state index contributed by atoms with van der Waals surface area (Å²) in [7, 11) is 0. The van der Waals surface area contributed by atoms with E-state index >= 15 is 0 Å². The van der Waals surface area contributed by atoms with Crippen LogP contribution in [0.4, 0.5) is 0 Å². The van der Waals surface area contributed by atoms with E-state index in [1.165, 1.54) is 50.1 Å². The fourth-order valence-corrected chi connectivity index (χ4v) is 22.2. The summed E-state index contributed by atoms with van der Waals surface area (Å²) in [4.78, 5) is 0. The van der Waals surface area contributed by atoms with E-state index in [1.807, 2.05) is 6.07 Å². The Morgan fingerprint density at radius 2 is 0.885 bits per heavy atom. The second-order valence-corrected chi connectivity index (χ2v) is 33.1. The van der Waals surface area contributed by atoms with E-state index in [0.717, 1.165) is 18.4 Å². The first-order chi connectivity index (χ1) is 28.4. The van der Waals surface area contributed by atoms with Gasteiger partial charge in [-0.2, -0.15) is 0 Å². The molecule has 0 saturated heterocycles. The molecule has 2 aliphatic rings. The van der Waals surface area contributed by atoms with Gasteiger partial charge in [0.25, 0.3) is 0 Å². The van der Waals surface area contributed by atoms with E-state index in [4.69, 9.17) is 0 Å². The Kier molecular flexibility index (Phi) is 13.3. The van der Waals surface area contributed by atoms with Gasteiger partial charge in [0.1, 0.15) is 5.75 Å². The molecule has 0 aromatic heterocycles. The second-order valence-electron chi connectivity index (χ2n) is 22.2. The second kappa shape index (κ2) is 17.4. The molecule has 2 unspecified atom stereocenters. The molecule has 61 heavy (non-hydrogen) atoms. The van der Waals surface area contributed by atoms with Gasteiger partial charge in [-0.1, -0.05) is 53.7 Å². The van der Waals surface area contributed by atoms with E-state index in [-0.39, 0.29) is 21.7 Å². The average Bonchev–Trinajstić information content (AvgIpc) is 3.79. The molecule has 0 aliphatic heterocycles. The molecule has 2 atom stereocenters. The molecule has 0 heterocycles. The first-order valence-corrected chi connectivity index (χ1v) is 29.7. The van der Waals surface area contributed by atoms with Crippen LogP contribution >= 0.6 is 0 Å². The zero-order valence-corrected chi connectivity index (χ0v) is 43.0. The summed E-state index contributed by atoms with van der Waals surface area (Å²) in [6, 6.07) is 38.9. The van der Waals surface area contributed by atoms with Gasteiger partial charge in [-0.25, -0.2) is 0 Å². The predicted octanol–water partition coefficient (Wildman–Crippen LogP) is 17.0. The third-order valence-electron chi connectivity index (χ3n) is 13.8. The first kappa shape index (κ1) is 46.6. The predicted molar refractivity (Wildman–Crippen MR) is 266 cm³/mol. The van der Waals surface area contributed by atoms with Gasteiger partial charge >= 0.3 is 285 Å². The molecule has 0 bridgehead atoms. The van der Waals surface area contributed by atoms with Crippen molar-refractivity contribution < 1.29 is 24.9 Å². The summed E-state index contributed by atoms with van der Waals surface area (Å²) in [6.07, 6.45) is 7.38. The summed E-state index contributed by atoms with van der Waals surface area (Å²) < 4.78 is 6.57. The van der Waals surface area contributed by atoms with Crippen molar-refractivity contribution in [2.45, 2.75) is 150 Å². The number of rotatable bonds is 6. The van der Waals surface area contributed by atoms with E-state index in [9.17, 15) is 5.11 Å². The van der Waals surface area contributed by atoms with Crippen molar-refractivity contribution in [1.29, 1.82) is 0 Å². The molecule has 1 N–H and O–H groups in total. The van der Waals surface area contributed by atoms with E-state index < -0.39 is 19.8 Å². The van der Waals surface area contributed by atoms with Crippen LogP contribution in [0.5, 0.6) is 5.75 Å². The van der Waals surface area contributed by atoms with Crippen LogP contribution in [0.15, 0.2) is 114 Å². The number of fused-ring (bicyclic) bond motifs is 2. The molecular formula is C59H75OZr. The van der Waals surface area contributed by atoms with Gasteiger partial charge in [0, 0.05) is 0 Å². The summed E-state index contributed by atoms with van der Waals surface area (Å²) in [5.74, 6) is 0.399. The van der Waals surface area contributed by atoms with E-state index in [1.54, 1.807) is 28.3 Å². The standard InChI is InChI=1S/2C21H23.C14H22O.C2H4.CH3.Zr/c2*1-5-15-13-17-7-6-8-19(20(17)14-15)16-9-11-18(12-10-16)21(2,3)4;1-13(2,3)10-7-8-12(15)11(9-10)14(4,5)6;1-2;;/h2*6-14H,5H2,1-4H3;7-9,15H,1-6H3;1H,2H3;1H3;. The molecule has 2 heteroatoms. The van der Waals surface area contributed by atoms with Crippen LogP contribution < -0.4 is 0 Å². The molecule has 0 radical (unpaired) electrons. The first-order valence-electron chi connectivity index (χ1n) is 23.0. The number of phenols is 1. The fraction of sp³-hybridized carbons (Fsp3) is 0.407. The van der Waals surface area contributed by atoms with Gasteiger partial charge in [0.2, 0.25) is 0 Å². The Labute approximate surface area is 375 Å². The molecule has 5 aromatic carbocycles. The Balaban J connectivity index is 0.000000351. The van der Waals surface area contributed by atoms with Crippen LogP contribution in [0.2, 0.25) is 4.63 Å². The minimum absolute atomic E-state index is 0.00859. The Morgan fingerprint density at radius 3 is 1.21 bits per heavy atom. The normalized spacial score (nSPS) is 17.4. The number of hydrogen-bond acceptors (Lipinski definition) is 1. The summed E-state index contributed by atoms with van der Waals surface area (Å²) in [5.41, 5.74) is 20.3. The van der Waals surface area contributed by atoms with Crippen molar-refractivity contribution in [2.75, 3.05) is 0 Å². The van der Waals surface area contributed by atoms with Crippen LogP contribution in [0.25, 0.3) is 34.4 Å². The van der Waals surface area contributed by atoms with Gasteiger partial charge in [0.15, 0.2) is 0 Å². The number of benzene rings is 5. The van der Waals surface area contributed by atoms with Crippen molar-refractivity contribution in [1.82, 2.24) is 0 Å². The number of allylic oxidation sites excluding steroid dienone is 2. The maximum absolute atomic E-state index is 9.84. The summed E-state index contributed by atoms with van der Waals surface area (Å²) in [6.45, 7) is 33.8. The Hall–Kier alpha value is -3.87. The third-order valence-corrected chi connectivity index (χ3v) is 26.3. The van der Waals surface area contributed by atoms with Crippen LogP contribution in [0, 0.1) is 0 Å². The Morgan fingerprint density at radius 1 is 0.508 bits per heavy atom. The molecule has 7 rings (SSSR count). The molecule has 0 fully saturated rings. The number of phenolic OH excluding ortho intramolecular Hbond substituents is 1. The van der Waals surface area contributed by atoms with Crippen LogP contribution in [-0.2, 0) is 41.4 Å². The van der Waals surface area contributed by atoms with Gasteiger partial charge in [0.05, 0.1) is 0 Å². The van der Waals surface area contributed by atoms with Gasteiger partial charge in [-0.05, 0) is 28.0 Å². The molecule has 0 spiro atoms. The van der Waals surface area contributed by atoms with Crippen molar-refractivity contribution in [2.24, 2.45) is 0 Å². The molecule has 321 valence electrons. The fourth-order valence-electron chi connectivity index (χ4n) is 9.92. The van der Waals surface area contributed by atoms with E-state index in [2.05, 4.69) is 215 Å². The molecule has 0 saturated carbocycles. The zero-order valence-electron chi connectivity index (χ0n) is 40.6. The maximum atomic E-state index is 9.84. The van der Waals surface area contributed by atoms with Gasteiger partial charge in [-0.3, -0.25) is 0 Å². The SMILES string of the molecule is CC(C)(C)c1ccc(O)c(C(C)(C)C)c1.C[CH]=[Zr]([CH3])([CH]1C(CC)=Cc2c(-c3ccc(C(C)(C)C)cc3)cccc21)[CH]1C(CC)=Cc2c(-c3ccc(C(C)(C)C)cc3)cccc21. The van der Waals surface area contributed by atoms with Gasteiger partial charge < -0.3 is 5.11 Å². The molecule has 0 amide bonds. The molecule has 5 aromatic rings. The monoisotopic (exact) mass is 889 g/mol. The van der Waals surface area contributed by atoms with Crippen molar-refractivity contribution in [3.63, 3.8) is 0 Å². The van der Waals surface area contributed by atoms with Crippen LogP contribution in [0.1, 0.15) is 168 Å². The summed E-state index contributed by atoms with van der Waals surface area (Å²) >= 11 is -3.14. The van der Waals surface area contributed by atoms with Crippen molar-refractivity contribution in [3.8, 4) is 28.0 Å². The van der Waals surface area contributed by atoms with Crippen LogP contribution in [0.3, 0.4) is 0 Å². The summed E-state index contributed by atoms with van der Waals surface area (Å²) in [5, 5.41) is 9.84. The minimum atomic E-state index is -3.14. The molecule has 2 aliphatic carbocycles. The topological polar surface area (TPSA) is 20.2 Å². The average molecular weight is 891 g/mol. The van der Waals surface area contributed by atoms with Crippen LogP contribution in [-0.4, -0.2) is 8.82 Å². The van der Waals surface area contributed by atoms with Crippen molar-refractivity contribution >= 4 is 15.9 Å². The van der Waals surface area contributed by atoms with Crippen molar-refractivity contribution in [3.05, 3.63) is 159 Å². The zero-order chi connectivity index (χ0) is 44.9. The Bertz CT molecular complexity index is 2360. The molecule has 1 nitrogen and oxygen atoms in total. The quantitative estimate of drug-likeness (QED) is 0.180. The van der Waals surface area contributed by atoms with E-state index in [0.29, 0.717) is 13.0 Å². The number of aromatic hydroxyl groups is 1. The number of hydrogen-bond donors (Lipinski definition) is 1. The van der Waals surface area contributed by atoms with Gasteiger partial charge in [-0.15, -0.1) is 0 Å².